The number of rotatable bonds is 8. The lowest BCUT2D eigenvalue weighted by Gasteiger charge is -2.42. The number of aromatic nitrogens is 1. The average molecular weight is 542 g/mol. The van der Waals surface area contributed by atoms with E-state index in [1.165, 1.54) is 24.3 Å². The van der Waals surface area contributed by atoms with Crippen molar-refractivity contribution in [2.75, 3.05) is 19.6 Å². The van der Waals surface area contributed by atoms with Crippen LogP contribution in [-0.4, -0.2) is 46.6 Å². The summed E-state index contributed by atoms with van der Waals surface area (Å²) < 4.78 is 29.0. The molecule has 2 aromatic carbocycles. The minimum atomic E-state index is -1.18. The van der Waals surface area contributed by atoms with Gasteiger partial charge < -0.3 is 15.3 Å². The molecule has 1 aliphatic rings. The number of aliphatic hydroxyl groups is 1. The van der Waals surface area contributed by atoms with Gasteiger partial charge in [-0.15, -0.1) is 11.3 Å². The lowest BCUT2D eigenvalue weighted by atomic mass is 9.81. The second-order valence-electron chi connectivity index (χ2n) is 11.4. The largest absolute Gasteiger partial charge is 0.384 e. The number of carbonyl (C=O) groups is 1. The number of benzene rings is 2. The molecule has 2 N–H and O–H groups in total. The Kier molecular flexibility index (Phi) is 8.65. The zero-order chi connectivity index (χ0) is 27.6. The van der Waals surface area contributed by atoms with Crippen LogP contribution in [0.15, 0.2) is 48.5 Å². The molecule has 4 atom stereocenters. The number of carbonyl (C=O) groups excluding carboxylic acids is 1. The van der Waals surface area contributed by atoms with Crippen molar-refractivity contribution in [3.63, 3.8) is 0 Å². The molecule has 1 amide bonds. The van der Waals surface area contributed by atoms with Gasteiger partial charge in [-0.1, -0.05) is 58.0 Å². The standard InChI is InChI=1S/C30H37F2N3O2S/c1-18-15-33-16-21(18)17-35(29(37)19(2)36)27(30(3,4)5)26-25(13-20-9-7-6-8-10-20)38-28(34-26)23-14-22(31)11-12-24(23)32/h6-12,14,18-19,21,27,33,36H,13,15-17H2,1-5H3/t18-,19-,21-,27-/m0/s1. The van der Waals surface area contributed by atoms with Gasteiger partial charge >= 0.3 is 0 Å². The summed E-state index contributed by atoms with van der Waals surface area (Å²) in [6.07, 6.45) is -0.643. The molecule has 0 spiro atoms. The van der Waals surface area contributed by atoms with Crippen molar-refractivity contribution in [1.29, 1.82) is 0 Å². The molecule has 1 aromatic heterocycles. The van der Waals surface area contributed by atoms with Gasteiger partial charge in [0.15, 0.2) is 0 Å². The Morgan fingerprint density at radius 2 is 1.89 bits per heavy atom. The first kappa shape index (κ1) is 28.3. The van der Waals surface area contributed by atoms with Gasteiger partial charge in [0.05, 0.1) is 11.7 Å². The van der Waals surface area contributed by atoms with Crippen molar-refractivity contribution in [2.24, 2.45) is 17.3 Å². The van der Waals surface area contributed by atoms with Gasteiger partial charge in [-0.05, 0) is 61.0 Å². The van der Waals surface area contributed by atoms with E-state index in [9.17, 15) is 18.7 Å². The van der Waals surface area contributed by atoms with Gasteiger partial charge in [-0.3, -0.25) is 4.79 Å². The van der Waals surface area contributed by atoms with Crippen LogP contribution in [-0.2, 0) is 11.2 Å². The zero-order valence-electron chi connectivity index (χ0n) is 22.7. The smallest absolute Gasteiger partial charge is 0.251 e. The van der Waals surface area contributed by atoms with E-state index >= 15 is 0 Å². The number of nitrogens with one attached hydrogen (secondary N) is 1. The third-order valence-corrected chi connectivity index (χ3v) is 8.34. The van der Waals surface area contributed by atoms with E-state index in [0.717, 1.165) is 35.7 Å². The quantitative estimate of drug-likeness (QED) is 0.377. The highest BCUT2D eigenvalue weighted by Crippen LogP contribution is 2.44. The fourth-order valence-corrected chi connectivity index (χ4v) is 6.36. The topological polar surface area (TPSA) is 65.5 Å². The molecule has 204 valence electrons. The number of hydrogen-bond acceptors (Lipinski definition) is 5. The van der Waals surface area contributed by atoms with E-state index in [0.29, 0.717) is 29.6 Å². The summed E-state index contributed by atoms with van der Waals surface area (Å²) in [6.45, 7) is 11.9. The van der Waals surface area contributed by atoms with Crippen LogP contribution in [0.1, 0.15) is 56.8 Å². The first-order valence-corrected chi connectivity index (χ1v) is 14.0. The van der Waals surface area contributed by atoms with E-state index in [2.05, 4.69) is 12.2 Å². The highest BCUT2D eigenvalue weighted by atomic mass is 32.1. The molecule has 0 aliphatic carbocycles. The van der Waals surface area contributed by atoms with Crippen LogP contribution >= 0.6 is 11.3 Å². The van der Waals surface area contributed by atoms with Crippen LogP contribution in [0.3, 0.4) is 0 Å². The van der Waals surface area contributed by atoms with E-state index in [1.807, 2.05) is 51.1 Å². The van der Waals surface area contributed by atoms with Gasteiger partial charge in [0.1, 0.15) is 22.7 Å². The minimum Gasteiger partial charge on any atom is -0.384 e. The third-order valence-electron chi connectivity index (χ3n) is 7.23. The molecule has 1 saturated heterocycles. The molecular formula is C30H37F2N3O2S. The van der Waals surface area contributed by atoms with Gasteiger partial charge in [-0.2, -0.15) is 0 Å². The molecule has 0 radical (unpaired) electrons. The Hall–Kier alpha value is -2.68. The monoisotopic (exact) mass is 541 g/mol. The van der Waals surface area contributed by atoms with Crippen LogP contribution in [0.25, 0.3) is 10.6 Å². The Bertz CT molecular complexity index is 1260. The summed E-state index contributed by atoms with van der Waals surface area (Å²) >= 11 is 1.32. The summed E-state index contributed by atoms with van der Waals surface area (Å²) in [4.78, 5) is 21.1. The van der Waals surface area contributed by atoms with E-state index in [4.69, 9.17) is 4.98 Å². The number of thiazole rings is 1. The molecule has 38 heavy (non-hydrogen) atoms. The number of aliphatic hydroxyl groups excluding tert-OH is 1. The molecule has 1 fully saturated rings. The molecule has 4 rings (SSSR count). The average Bonchev–Trinajstić information content (AvgIpc) is 3.45. The van der Waals surface area contributed by atoms with Crippen LogP contribution in [0, 0.1) is 28.9 Å². The maximum Gasteiger partial charge on any atom is 0.251 e. The molecular weight excluding hydrogens is 504 g/mol. The molecule has 0 saturated carbocycles. The summed E-state index contributed by atoms with van der Waals surface area (Å²) in [5, 5.41) is 14.2. The van der Waals surface area contributed by atoms with Crippen molar-refractivity contribution in [3.05, 3.63) is 76.3 Å². The van der Waals surface area contributed by atoms with Crippen molar-refractivity contribution >= 4 is 17.2 Å². The predicted molar refractivity (Wildman–Crippen MR) is 148 cm³/mol. The normalized spacial score (nSPS) is 19.4. The van der Waals surface area contributed by atoms with Crippen LogP contribution in [0.4, 0.5) is 8.78 Å². The minimum absolute atomic E-state index is 0.102. The molecule has 8 heteroatoms. The van der Waals surface area contributed by atoms with Gasteiger partial charge in [0.25, 0.3) is 5.91 Å². The summed E-state index contributed by atoms with van der Waals surface area (Å²) in [5.41, 5.74) is 1.36. The highest BCUT2D eigenvalue weighted by Gasteiger charge is 2.41. The number of nitrogens with zero attached hydrogens (tertiary/aromatic N) is 2. The summed E-state index contributed by atoms with van der Waals surface area (Å²) in [6, 6.07) is 12.8. The second-order valence-corrected chi connectivity index (χ2v) is 12.5. The van der Waals surface area contributed by atoms with E-state index in [1.54, 1.807) is 4.90 Å². The first-order valence-electron chi connectivity index (χ1n) is 13.1. The molecule has 5 nitrogen and oxygen atoms in total. The Morgan fingerprint density at radius 1 is 1.18 bits per heavy atom. The fourth-order valence-electron chi connectivity index (χ4n) is 5.21. The number of hydrogen-bond donors (Lipinski definition) is 2. The Labute approximate surface area is 227 Å². The third kappa shape index (κ3) is 6.30. The lowest BCUT2D eigenvalue weighted by molar-refractivity contribution is -0.145. The summed E-state index contributed by atoms with van der Waals surface area (Å²) in [5.74, 6) is -0.854. The Morgan fingerprint density at radius 3 is 2.50 bits per heavy atom. The molecule has 1 aliphatic heterocycles. The fraction of sp³-hybridized carbons (Fsp3) is 0.467. The van der Waals surface area contributed by atoms with Gasteiger partial charge in [0, 0.05) is 23.4 Å². The van der Waals surface area contributed by atoms with Crippen molar-refractivity contribution in [2.45, 2.75) is 53.2 Å². The second kappa shape index (κ2) is 11.6. The molecule has 0 bridgehead atoms. The molecule has 3 aromatic rings. The van der Waals surface area contributed by atoms with Crippen LogP contribution in [0.2, 0.25) is 0 Å². The predicted octanol–water partition coefficient (Wildman–Crippen LogP) is 5.83. The van der Waals surface area contributed by atoms with Crippen LogP contribution < -0.4 is 5.32 Å². The van der Waals surface area contributed by atoms with Gasteiger partial charge in [0.2, 0.25) is 0 Å². The van der Waals surface area contributed by atoms with Crippen molar-refractivity contribution in [3.8, 4) is 10.6 Å². The molecule has 0 unspecified atom stereocenters. The summed E-state index contributed by atoms with van der Waals surface area (Å²) in [7, 11) is 0. The van der Waals surface area contributed by atoms with E-state index in [-0.39, 0.29) is 17.4 Å². The van der Waals surface area contributed by atoms with Gasteiger partial charge in [-0.25, -0.2) is 13.8 Å². The Balaban J connectivity index is 1.88. The van der Waals surface area contributed by atoms with E-state index < -0.39 is 29.2 Å². The maximum absolute atomic E-state index is 14.9. The number of amides is 1. The van der Waals surface area contributed by atoms with Crippen molar-refractivity contribution < 1.29 is 18.7 Å². The maximum atomic E-state index is 14.9. The highest BCUT2D eigenvalue weighted by molar-refractivity contribution is 7.15. The van der Waals surface area contributed by atoms with Crippen LogP contribution in [0.5, 0.6) is 0 Å². The first-order chi connectivity index (χ1) is 18.0. The van der Waals surface area contributed by atoms with Crippen molar-refractivity contribution in [1.82, 2.24) is 15.2 Å². The molecule has 2 heterocycles. The zero-order valence-corrected chi connectivity index (χ0v) is 23.5. The SMILES string of the molecule is C[C@H](O)C(=O)N(C[C@@H]1CNC[C@@H]1C)[C@@H](c1nc(-c2cc(F)ccc2F)sc1Cc1ccccc1)C(C)(C)C. The number of halogens is 2. The lowest BCUT2D eigenvalue weighted by Crippen LogP contribution is -2.48.